The molecule has 0 radical (unpaired) electrons. The number of amides is 1. The Bertz CT molecular complexity index is 508. The van der Waals surface area contributed by atoms with Crippen LogP contribution in [0.25, 0.3) is 0 Å². The van der Waals surface area contributed by atoms with Crippen molar-refractivity contribution in [2.24, 2.45) is 0 Å². The highest BCUT2D eigenvalue weighted by Gasteiger charge is 2.36. The largest absolute Gasteiger partial charge is 0.315 e. The normalized spacial score (nSPS) is 17.8. The standard InChI is InChI=1S/C12H14N2O3/c1-12(2)7-11(15)13(3)10-5-4-8(14(16)17)6-9(10)12/h4-6H,7H2,1-3H3. The molecule has 1 aliphatic rings. The zero-order valence-corrected chi connectivity index (χ0v) is 10.1. The minimum absolute atomic E-state index is 0.0383. The molecule has 1 amide bonds. The van der Waals surface area contributed by atoms with E-state index in [9.17, 15) is 14.9 Å². The van der Waals surface area contributed by atoms with Crippen molar-refractivity contribution in [2.45, 2.75) is 25.7 Å². The predicted molar refractivity (Wildman–Crippen MR) is 64.1 cm³/mol. The van der Waals surface area contributed by atoms with Gasteiger partial charge in [0.25, 0.3) is 5.69 Å². The van der Waals surface area contributed by atoms with Crippen LogP contribution in [0.2, 0.25) is 0 Å². The fourth-order valence-corrected chi connectivity index (χ4v) is 2.20. The van der Waals surface area contributed by atoms with Crippen LogP contribution in [0, 0.1) is 10.1 Å². The highest BCUT2D eigenvalue weighted by molar-refractivity contribution is 5.97. The van der Waals surface area contributed by atoms with E-state index in [-0.39, 0.29) is 17.0 Å². The van der Waals surface area contributed by atoms with Crippen LogP contribution < -0.4 is 4.90 Å². The summed E-state index contributed by atoms with van der Waals surface area (Å²) in [5.41, 5.74) is 1.33. The van der Waals surface area contributed by atoms with Crippen LogP contribution in [0.15, 0.2) is 18.2 Å². The van der Waals surface area contributed by atoms with Crippen molar-refractivity contribution in [2.75, 3.05) is 11.9 Å². The van der Waals surface area contributed by atoms with Crippen LogP contribution >= 0.6 is 0 Å². The minimum atomic E-state index is -0.410. The molecule has 0 unspecified atom stereocenters. The first kappa shape index (κ1) is 11.6. The minimum Gasteiger partial charge on any atom is -0.315 e. The van der Waals surface area contributed by atoms with Crippen LogP contribution in [0.4, 0.5) is 11.4 Å². The summed E-state index contributed by atoms with van der Waals surface area (Å²) in [5.74, 6) is 0.0383. The summed E-state index contributed by atoms with van der Waals surface area (Å²) < 4.78 is 0. The van der Waals surface area contributed by atoms with Crippen molar-refractivity contribution in [1.82, 2.24) is 0 Å². The van der Waals surface area contributed by atoms with Crippen molar-refractivity contribution in [3.63, 3.8) is 0 Å². The number of hydrogen-bond acceptors (Lipinski definition) is 3. The van der Waals surface area contributed by atoms with E-state index in [2.05, 4.69) is 0 Å². The van der Waals surface area contributed by atoms with Crippen molar-refractivity contribution in [1.29, 1.82) is 0 Å². The zero-order valence-electron chi connectivity index (χ0n) is 10.1. The van der Waals surface area contributed by atoms with Gasteiger partial charge in [-0.2, -0.15) is 0 Å². The molecule has 1 aliphatic heterocycles. The fraction of sp³-hybridized carbons (Fsp3) is 0.417. The summed E-state index contributed by atoms with van der Waals surface area (Å²) in [5, 5.41) is 10.8. The smallest absolute Gasteiger partial charge is 0.269 e. The molecule has 5 heteroatoms. The van der Waals surface area contributed by atoms with Gasteiger partial charge in [-0.1, -0.05) is 13.8 Å². The van der Waals surface area contributed by atoms with E-state index < -0.39 is 4.92 Å². The molecule has 0 fully saturated rings. The molecule has 0 spiro atoms. The molecule has 90 valence electrons. The Morgan fingerprint density at radius 1 is 1.41 bits per heavy atom. The molecule has 0 aliphatic carbocycles. The van der Waals surface area contributed by atoms with Gasteiger partial charge in [-0.05, 0) is 11.6 Å². The van der Waals surface area contributed by atoms with Gasteiger partial charge in [-0.25, -0.2) is 0 Å². The quantitative estimate of drug-likeness (QED) is 0.553. The molecule has 0 saturated carbocycles. The molecule has 17 heavy (non-hydrogen) atoms. The summed E-state index contributed by atoms with van der Waals surface area (Å²) in [6.07, 6.45) is 0.373. The van der Waals surface area contributed by atoms with Gasteiger partial charge in [0.2, 0.25) is 5.91 Å². The first-order valence-corrected chi connectivity index (χ1v) is 5.38. The van der Waals surface area contributed by atoms with Crippen molar-refractivity contribution in [3.8, 4) is 0 Å². The fourth-order valence-electron chi connectivity index (χ4n) is 2.20. The van der Waals surface area contributed by atoms with Gasteiger partial charge in [0, 0.05) is 36.7 Å². The van der Waals surface area contributed by atoms with Crippen molar-refractivity contribution in [3.05, 3.63) is 33.9 Å². The van der Waals surface area contributed by atoms with Crippen LogP contribution in [0.3, 0.4) is 0 Å². The Morgan fingerprint density at radius 2 is 2.06 bits per heavy atom. The number of hydrogen-bond donors (Lipinski definition) is 0. The molecule has 5 nitrogen and oxygen atoms in total. The number of rotatable bonds is 1. The van der Waals surface area contributed by atoms with Crippen molar-refractivity contribution < 1.29 is 9.72 Å². The average Bonchev–Trinajstić information content (AvgIpc) is 2.25. The Balaban J connectivity index is 2.63. The Kier molecular flexibility index (Phi) is 2.41. The van der Waals surface area contributed by atoms with Crippen LogP contribution in [0.1, 0.15) is 25.8 Å². The molecule has 0 aromatic heterocycles. The summed E-state index contributed by atoms with van der Waals surface area (Å²) >= 11 is 0. The van der Waals surface area contributed by atoms with Crippen LogP contribution in [-0.4, -0.2) is 17.9 Å². The molecule has 0 saturated heterocycles. The van der Waals surface area contributed by atoms with Gasteiger partial charge in [-0.15, -0.1) is 0 Å². The van der Waals surface area contributed by atoms with E-state index in [0.717, 1.165) is 11.3 Å². The highest BCUT2D eigenvalue weighted by Crippen LogP contribution is 2.41. The maximum Gasteiger partial charge on any atom is 0.269 e. The topological polar surface area (TPSA) is 63.5 Å². The third-order valence-electron chi connectivity index (χ3n) is 3.25. The Labute approximate surface area is 99.2 Å². The second-order valence-corrected chi connectivity index (χ2v) is 4.97. The van der Waals surface area contributed by atoms with E-state index in [4.69, 9.17) is 0 Å². The molecule has 1 aromatic carbocycles. The van der Waals surface area contributed by atoms with Gasteiger partial charge in [-0.3, -0.25) is 14.9 Å². The Morgan fingerprint density at radius 3 is 2.65 bits per heavy atom. The zero-order chi connectivity index (χ0) is 12.8. The Hall–Kier alpha value is -1.91. The van der Waals surface area contributed by atoms with E-state index in [1.807, 2.05) is 13.8 Å². The second kappa shape index (κ2) is 3.55. The SMILES string of the molecule is CN1C(=O)CC(C)(C)c2cc([N+](=O)[O-])ccc21. The molecule has 1 aromatic rings. The van der Waals surface area contributed by atoms with Crippen LogP contribution in [0.5, 0.6) is 0 Å². The van der Waals surface area contributed by atoms with Gasteiger partial charge < -0.3 is 4.90 Å². The predicted octanol–water partition coefficient (Wildman–Crippen LogP) is 2.24. The van der Waals surface area contributed by atoms with E-state index >= 15 is 0 Å². The number of non-ortho nitro benzene ring substituents is 1. The first-order chi connectivity index (χ1) is 7.83. The first-order valence-electron chi connectivity index (χ1n) is 5.38. The maximum atomic E-state index is 11.8. The van der Waals surface area contributed by atoms with E-state index in [1.165, 1.54) is 6.07 Å². The van der Waals surface area contributed by atoms with E-state index in [1.54, 1.807) is 24.1 Å². The van der Waals surface area contributed by atoms with Gasteiger partial charge >= 0.3 is 0 Å². The molecular weight excluding hydrogens is 220 g/mol. The highest BCUT2D eigenvalue weighted by atomic mass is 16.6. The van der Waals surface area contributed by atoms with Gasteiger partial charge in [0.15, 0.2) is 0 Å². The number of nitro groups is 1. The lowest BCUT2D eigenvalue weighted by Crippen LogP contribution is -2.39. The van der Waals surface area contributed by atoms with Crippen molar-refractivity contribution >= 4 is 17.3 Å². The molecule has 0 atom stereocenters. The molecule has 2 rings (SSSR count). The number of nitrogens with zero attached hydrogens (tertiary/aromatic N) is 2. The number of carbonyl (C=O) groups is 1. The summed E-state index contributed by atoms with van der Waals surface area (Å²) in [4.78, 5) is 23.7. The maximum absolute atomic E-state index is 11.8. The number of anilines is 1. The lowest BCUT2D eigenvalue weighted by atomic mass is 9.77. The second-order valence-electron chi connectivity index (χ2n) is 4.97. The van der Waals surface area contributed by atoms with E-state index in [0.29, 0.717) is 6.42 Å². The number of fused-ring (bicyclic) bond motifs is 1. The number of nitro benzene ring substituents is 1. The lowest BCUT2D eigenvalue weighted by molar-refractivity contribution is -0.385. The third kappa shape index (κ3) is 1.77. The molecule has 1 heterocycles. The summed E-state index contributed by atoms with van der Waals surface area (Å²) in [6.45, 7) is 3.86. The number of carbonyl (C=O) groups excluding carboxylic acids is 1. The molecular formula is C12H14N2O3. The average molecular weight is 234 g/mol. The third-order valence-corrected chi connectivity index (χ3v) is 3.25. The van der Waals surface area contributed by atoms with Crippen LogP contribution in [-0.2, 0) is 10.2 Å². The summed E-state index contributed by atoms with van der Waals surface area (Å²) in [6, 6.07) is 4.65. The lowest BCUT2D eigenvalue weighted by Gasteiger charge is -2.36. The summed E-state index contributed by atoms with van der Waals surface area (Å²) in [7, 11) is 1.70. The van der Waals surface area contributed by atoms with Gasteiger partial charge in [0.1, 0.15) is 0 Å². The molecule has 0 N–H and O–H groups in total. The number of benzene rings is 1. The monoisotopic (exact) mass is 234 g/mol. The van der Waals surface area contributed by atoms with Gasteiger partial charge in [0.05, 0.1) is 4.92 Å². The molecule has 0 bridgehead atoms.